The largest absolute Gasteiger partial charge is 0.308 e. The highest BCUT2D eigenvalue weighted by Crippen LogP contribution is 2.60. The number of hydrogen-bond donors (Lipinski definition) is 0. The first kappa shape index (κ1) is 30.4. The van der Waals surface area contributed by atoms with Crippen LogP contribution in [0.25, 0.3) is 33.4 Å². The quantitative estimate of drug-likeness (QED) is 0.169. The minimum atomic E-state index is -0.774. The number of nitrogens with zero attached hydrogens (tertiary/aromatic N) is 2. The van der Waals surface area contributed by atoms with Crippen molar-refractivity contribution in [1.82, 2.24) is 0 Å². The highest BCUT2D eigenvalue weighted by Gasteiger charge is 2.53. The molecule has 0 fully saturated rings. The fraction of sp³-hybridized carbons (Fsp3) is 0.0204. The van der Waals surface area contributed by atoms with E-state index in [4.69, 9.17) is 0 Å². The molecule has 8 aromatic carbocycles. The topological polar surface area (TPSA) is 6.48 Å². The van der Waals surface area contributed by atoms with Crippen molar-refractivity contribution in [3.63, 3.8) is 0 Å². The lowest BCUT2D eigenvalue weighted by molar-refractivity contribution is 0.560. The molecule has 0 unspecified atom stereocenters. The summed E-state index contributed by atoms with van der Waals surface area (Å²) in [5.74, 6) is 0. The monoisotopic (exact) mass is 652 g/mol. The van der Waals surface area contributed by atoms with Crippen LogP contribution in [-0.2, 0) is 5.66 Å². The van der Waals surface area contributed by atoms with Gasteiger partial charge in [0.15, 0.2) is 5.66 Å². The molecule has 0 radical (unpaired) electrons. The molecule has 1 heterocycles. The van der Waals surface area contributed by atoms with E-state index in [1.165, 1.54) is 44.5 Å². The molecule has 0 aromatic heterocycles. The molecule has 2 heteroatoms. The van der Waals surface area contributed by atoms with Crippen molar-refractivity contribution in [2.75, 3.05) is 9.80 Å². The Morgan fingerprint density at radius 3 is 1.02 bits per heavy atom. The Morgan fingerprint density at radius 1 is 0.255 bits per heavy atom. The lowest BCUT2D eigenvalue weighted by Crippen LogP contribution is -2.51. The van der Waals surface area contributed by atoms with Crippen molar-refractivity contribution in [3.8, 4) is 33.4 Å². The van der Waals surface area contributed by atoms with Crippen LogP contribution in [0.5, 0.6) is 0 Å². The van der Waals surface area contributed by atoms with Gasteiger partial charge in [-0.15, -0.1) is 0 Å². The lowest BCUT2D eigenvalue weighted by atomic mass is 9.87. The number of fused-ring (bicyclic) bond motifs is 1. The maximum Gasteiger partial charge on any atom is 0.175 e. The second-order valence-corrected chi connectivity index (χ2v) is 13.0. The maximum absolute atomic E-state index is 2.57. The zero-order valence-electron chi connectivity index (χ0n) is 28.2. The van der Waals surface area contributed by atoms with Gasteiger partial charge in [0, 0.05) is 22.5 Å². The van der Waals surface area contributed by atoms with Gasteiger partial charge in [-0.2, -0.15) is 0 Å². The van der Waals surface area contributed by atoms with Crippen molar-refractivity contribution in [2.45, 2.75) is 5.66 Å². The third-order valence-electron chi connectivity index (χ3n) is 9.99. The van der Waals surface area contributed by atoms with Crippen LogP contribution in [-0.4, -0.2) is 0 Å². The van der Waals surface area contributed by atoms with Crippen molar-refractivity contribution in [2.24, 2.45) is 0 Å². The van der Waals surface area contributed by atoms with Crippen LogP contribution >= 0.6 is 0 Å². The van der Waals surface area contributed by atoms with Crippen molar-refractivity contribution < 1.29 is 0 Å². The van der Waals surface area contributed by atoms with E-state index in [9.17, 15) is 0 Å². The zero-order valence-corrected chi connectivity index (χ0v) is 28.2. The van der Waals surface area contributed by atoms with Gasteiger partial charge in [0.05, 0.1) is 11.4 Å². The third-order valence-corrected chi connectivity index (χ3v) is 9.99. The van der Waals surface area contributed by atoms with Crippen LogP contribution in [0.15, 0.2) is 218 Å². The van der Waals surface area contributed by atoms with Crippen LogP contribution in [0.1, 0.15) is 11.1 Å². The van der Waals surface area contributed by atoms with Crippen molar-refractivity contribution in [1.29, 1.82) is 0 Å². The molecular weight excluding hydrogens is 617 g/mol. The van der Waals surface area contributed by atoms with Gasteiger partial charge >= 0.3 is 0 Å². The first-order valence-corrected chi connectivity index (χ1v) is 17.5. The summed E-state index contributed by atoms with van der Waals surface area (Å²) in [6, 6.07) is 79.0. The molecule has 8 aromatic rings. The highest BCUT2D eigenvalue weighted by molar-refractivity contribution is 5.95. The molecule has 0 atom stereocenters. The summed E-state index contributed by atoms with van der Waals surface area (Å²) in [5.41, 5.74) is 13.2. The van der Waals surface area contributed by atoms with Gasteiger partial charge in [-0.1, -0.05) is 176 Å². The van der Waals surface area contributed by atoms with E-state index in [2.05, 4.69) is 228 Å². The fourth-order valence-corrected chi connectivity index (χ4v) is 7.74. The highest BCUT2D eigenvalue weighted by atomic mass is 15.5. The van der Waals surface area contributed by atoms with Gasteiger partial charge in [0.1, 0.15) is 0 Å². The van der Waals surface area contributed by atoms with Crippen molar-refractivity contribution in [3.05, 3.63) is 230 Å². The van der Waals surface area contributed by atoms with E-state index in [1.807, 2.05) is 0 Å². The molecule has 2 nitrogen and oxygen atoms in total. The van der Waals surface area contributed by atoms with Crippen LogP contribution in [0.2, 0.25) is 0 Å². The summed E-state index contributed by atoms with van der Waals surface area (Å²) in [5, 5.41) is 0. The van der Waals surface area contributed by atoms with Crippen LogP contribution in [0, 0.1) is 0 Å². The maximum atomic E-state index is 2.57. The zero-order chi connectivity index (χ0) is 34.0. The van der Waals surface area contributed by atoms with Crippen LogP contribution in [0.4, 0.5) is 22.7 Å². The summed E-state index contributed by atoms with van der Waals surface area (Å²) in [7, 11) is 0. The van der Waals surface area contributed by atoms with Gasteiger partial charge in [-0.05, 0) is 75.8 Å². The normalized spacial score (nSPS) is 13.2. The van der Waals surface area contributed by atoms with Gasteiger partial charge in [0.2, 0.25) is 0 Å². The minimum absolute atomic E-state index is 0.774. The first-order valence-electron chi connectivity index (χ1n) is 17.5. The van der Waals surface area contributed by atoms with E-state index in [0.29, 0.717) is 0 Å². The average molecular weight is 653 g/mol. The SMILES string of the molecule is c1ccc(-c2ccc(N3c4ccccc4N(c4cc(-c5ccccc5)cc(-c5ccccc5)c4)C3(c3ccccc3)c3ccccc3)cc2)cc1. The summed E-state index contributed by atoms with van der Waals surface area (Å²) >= 11 is 0. The number of rotatable bonds is 7. The first-order chi connectivity index (χ1) is 25.3. The second kappa shape index (κ2) is 13.0. The minimum Gasteiger partial charge on any atom is -0.308 e. The molecule has 0 saturated carbocycles. The molecule has 9 rings (SSSR count). The standard InChI is InChI=1S/C49H36N2/c1-6-18-37(19-7-1)40-30-32-45(33-31-40)50-47-28-16-17-29-48(47)51(49(50,43-24-12-4-13-25-43)44-26-14-5-15-27-44)46-35-41(38-20-8-2-9-21-38)34-42(36-46)39-22-10-3-11-23-39/h1-36H. The third kappa shape index (κ3) is 5.29. The molecule has 1 aliphatic rings. The predicted octanol–water partition coefficient (Wildman–Crippen LogP) is 12.9. The van der Waals surface area contributed by atoms with E-state index in [1.54, 1.807) is 0 Å². The molecule has 0 amide bonds. The van der Waals surface area contributed by atoms with Crippen LogP contribution < -0.4 is 9.80 Å². The molecule has 0 bridgehead atoms. The van der Waals surface area contributed by atoms with Gasteiger partial charge in [0.25, 0.3) is 0 Å². The summed E-state index contributed by atoms with van der Waals surface area (Å²) in [4.78, 5) is 5.11. The molecule has 0 saturated heterocycles. The van der Waals surface area contributed by atoms with Crippen LogP contribution in [0.3, 0.4) is 0 Å². The van der Waals surface area contributed by atoms with Gasteiger partial charge < -0.3 is 9.80 Å². The summed E-state index contributed by atoms with van der Waals surface area (Å²) in [6.07, 6.45) is 0. The number of benzene rings is 8. The molecule has 0 N–H and O–H groups in total. The van der Waals surface area contributed by atoms with E-state index >= 15 is 0 Å². The number of anilines is 4. The Kier molecular flexibility index (Phi) is 7.75. The Labute approximate surface area is 300 Å². The molecular formula is C49H36N2. The summed E-state index contributed by atoms with van der Waals surface area (Å²) < 4.78 is 0. The molecule has 51 heavy (non-hydrogen) atoms. The molecule has 0 spiro atoms. The van der Waals surface area contributed by atoms with Gasteiger partial charge in [-0.3, -0.25) is 0 Å². The Balaban J connectivity index is 1.36. The average Bonchev–Trinajstić information content (AvgIpc) is 3.54. The smallest absolute Gasteiger partial charge is 0.175 e. The molecule has 242 valence electrons. The van der Waals surface area contributed by atoms with E-state index < -0.39 is 5.66 Å². The van der Waals surface area contributed by atoms with Gasteiger partial charge in [-0.25, -0.2) is 0 Å². The fourth-order valence-electron chi connectivity index (χ4n) is 7.74. The second-order valence-electron chi connectivity index (χ2n) is 13.0. The number of para-hydroxylation sites is 2. The number of hydrogen-bond acceptors (Lipinski definition) is 2. The Hall–Kier alpha value is -6.64. The van der Waals surface area contributed by atoms with E-state index in [0.717, 1.165) is 22.7 Å². The Morgan fingerprint density at radius 2 is 0.588 bits per heavy atom. The lowest BCUT2D eigenvalue weighted by Gasteiger charge is -2.47. The van der Waals surface area contributed by atoms with E-state index in [-0.39, 0.29) is 0 Å². The molecule has 0 aliphatic carbocycles. The molecule has 1 aliphatic heterocycles. The Bertz CT molecular complexity index is 2290. The summed E-state index contributed by atoms with van der Waals surface area (Å²) in [6.45, 7) is 0. The van der Waals surface area contributed by atoms with Crippen molar-refractivity contribution >= 4 is 22.7 Å². The predicted molar refractivity (Wildman–Crippen MR) is 214 cm³/mol.